The van der Waals surface area contributed by atoms with Gasteiger partial charge in [-0.05, 0) is 38.5 Å². The molecule has 1 N–H and O–H groups in total. The Morgan fingerprint density at radius 2 is 1.54 bits per heavy atom. The molecule has 4 aromatic rings. The Balaban J connectivity index is 1.63. The molecule has 202 valence electrons. The van der Waals surface area contributed by atoms with Crippen molar-refractivity contribution in [1.29, 1.82) is 0 Å². The Kier molecular flexibility index (Phi) is 8.66. The van der Waals surface area contributed by atoms with Crippen LogP contribution in [0.1, 0.15) is 32.3 Å². The van der Waals surface area contributed by atoms with Crippen LogP contribution in [0.2, 0.25) is 0 Å². The standard InChI is InChI=1S/C31H34N4O4/c1-21(2)34(30(37)22(3)23-12-8-6-9-13-23)20-29(36)33-31-32-26(24-14-10-7-11-15-24)19-35(31)25-16-17-27(38-4)28(18-25)39-5/h6-19,21-22H,20H2,1-5H3,(H,32,33,36). The van der Waals surface area contributed by atoms with Crippen molar-refractivity contribution in [2.45, 2.75) is 32.7 Å². The number of nitrogens with one attached hydrogen (secondary N) is 1. The summed E-state index contributed by atoms with van der Waals surface area (Å²) in [6, 6.07) is 24.6. The average Bonchev–Trinajstić information content (AvgIpc) is 3.39. The van der Waals surface area contributed by atoms with E-state index in [0.29, 0.717) is 23.1 Å². The fraction of sp³-hybridized carbons (Fsp3) is 0.258. The Bertz CT molecular complexity index is 1420. The molecule has 4 rings (SSSR count). The molecule has 1 heterocycles. The summed E-state index contributed by atoms with van der Waals surface area (Å²) >= 11 is 0. The van der Waals surface area contributed by atoms with Crippen LogP contribution < -0.4 is 14.8 Å². The summed E-state index contributed by atoms with van der Waals surface area (Å²) in [5, 5.41) is 2.93. The van der Waals surface area contributed by atoms with Gasteiger partial charge in [0.15, 0.2) is 11.5 Å². The van der Waals surface area contributed by atoms with Crippen LogP contribution in [-0.4, -0.2) is 53.1 Å². The van der Waals surface area contributed by atoms with E-state index in [2.05, 4.69) is 5.32 Å². The zero-order chi connectivity index (χ0) is 27.9. The Morgan fingerprint density at radius 3 is 2.15 bits per heavy atom. The molecule has 8 heteroatoms. The van der Waals surface area contributed by atoms with Crippen LogP contribution in [0.4, 0.5) is 5.95 Å². The number of carbonyl (C=O) groups excluding carboxylic acids is 2. The van der Waals surface area contributed by atoms with Crippen LogP contribution in [0.3, 0.4) is 0 Å². The Labute approximate surface area is 229 Å². The summed E-state index contributed by atoms with van der Waals surface area (Å²) in [6.45, 7) is 5.57. The number of anilines is 1. The zero-order valence-electron chi connectivity index (χ0n) is 22.9. The van der Waals surface area contributed by atoms with Crippen LogP contribution in [0.25, 0.3) is 16.9 Å². The highest BCUT2D eigenvalue weighted by Gasteiger charge is 2.26. The van der Waals surface area contributed by atoms with E-state index < -0.39 is 0 Å². The number of rotatable bonds is 10. The second-order valence-corrected chi connectivity index (χ2v) is 9.47. The number of hydrogen-bond acceptors (Lipinski definition) is 5. The second kappa shape index (κ2) is 12.3. The topological polar surface area (TPSA) is 85.7 Å². The first-order valence-electron chi connectivity index (χ1n) is 12.8. The van der Waals surface area contributed by atoms with Crippen molar-refractivity contribution in [3.05, 3.63) is 90.6 Å². The molecule has 0 fully saturated rings. The number of imidazole rings is 1. The maximum absolute atomic E-state index is 13.4. The number of methoxy groups -OCH3 is 2. The van der Waals surface area contributed by atoms with Crippen molar-refractivity contribution in [3.63, 3.8) is 0 Å². The molecular weight excluding hydrogens is 492 g/mol. The first-order valence-corrected chi connectivity index (χ1v) is 12.8. The lowest BCUT2D eigenvalue weighted by Gasteiger charge is -2.29. The van der Waals surface area contributed by atoms with Crippen molar-refractivity contribution >= 4 is 17.8 Å². The van der Waals surface area contributed by atoms with Gasteiger partial charge in [-0.3, -0.25) is 19.5 Å². The molecule has 0 aliphatic heterocycles. The Morgan fingerprint density at radius 1 is 0.897 bits per heavy atom. The van der Waals surface area contributed by atoms with Gasteiger partial charge in [-0.2, -0.15) is 0 Å². The first kappa shape index (κ1) is 27.4. The van der Waals surface area contributed by atoms with E-state index in [-0.39, 0.29) is 30.3 Å². The van der Waals surface area contributed by atoms with E-state index in [1.165, 1.54) is 0 Å². The molecule has 0 spiro atoms. The van der Waals surface area contributed by atoms with Gasteiger partial charge >= 0.3 is 0 Å². The predicted molar refractivity (Wildman–Crippen MR) is 152 cm³/mol. The molecule has 0 aliphatic rings. The lowest BCUT2D eigenvalue weighted by molar-refractivity contribution is -0.137. The number of hydrogen-bond donors (Lipinski definition) is 1. The largest absolute Gasteiger partial charge is 0.493 e. The summed E-state index contributed by atoms with van der Waals surface area (Å²) in [6.07, 6.45) is 1.86. The molecule has 3 aromatic carbocycles. The van der Waals surface area contributed by atoms with E-state index in [0.717, 1.165) is 16.8 Å². The first-order chi connectivity index (χ1) is 18.8. The van der Waals surface area contributed by atoms with Crippen molar-refractivity contribution in [2.75, 3.05) is 26.1 Å². The minimum absolute atomic E-state index is 0.104. The third kappa shape index (κ3) is 6.29. The van der Waals surface area contributed by atoms with Gasteiger partial charge in [-0.15, -0.1) is 0 Å². The lowest BCUT2D eigenvalue weighted by Crippen LogP contribution is -2.44. The maximum atomic E-state index is 13.4. The highest BCUT2D eigenvalue weighted by molar-refractivity contribution is 5.95. The number of aromatic nitrogens is 2. The molecule has 2 amide bonds. The van der Waals surface area contributed by atoms with Gasteiger partial charge in [0.25, 0.3) is 0 Å². The van der Waals surface area contributed by atoms with E-state index in [1.807, 2.05) is 99.8 Å². The van der Waals surface area contributed by atoms with Crippen LogP contribution in [-0.2, 0) is 9.59 Å². The summed E-state index contributed by atoms with van der Waals surface area (Å²) in [7, 11) is 3.15. The van der Waals surface area contributed by atoms with Crippen LogP contribution in [0.5, 0.6) is 11.5 Å². The van der Waals surface area contributed by atoms with Crippen molar-refractivity contribution < 1.29 is 19.1 Å². The molecule has 0 saturated carbocycles. The highest BCUT2D eigenvalue weighted by Crippen LogP contribution is 2.32. The van der Waals surface area contributed by atoms with Gasteiger partial charge in [-0.25, -0.2) is 4.98 Å². The van der Waals surface area contributed by atoms with Gasteiger partial charge in [0.05, 0.1) is 31.5 Å². The molecule has 39 heavy (non-hydrogen) atoms. The van der Waals surface area contributed by atoms with Gasteiger partial charge in [-0.1, -0.05) is 60.7 Å². The quantitative estimate of drug-likeness (QED) is 0.293. The SMILES string of the molecule is COc1ccc(-n2cc(-c3ccccc3)nc2NC(=O)CN(C(=O)C(C)c2ccccc2)C(C)C)cc1OC. The van der Waals surface area contributed by atoms with Crippen LogP contribution >= 0.6 is 0 Å². The van der Waals surface area contributed by atoms with E-state index in [4.69, 9.17) is 14.5 Å². The number of nitrogens with zero attached hydrogens (tertiary/aromatic N) is 3. The summed E-state index contributed by atoms with van der Waals surface area (Å²) in [5.74, 6) is 0.643. The number of amides is 2. The fourth-order valence-corrected chi connectivity index (χ4v) is 4.35. The molecule has 0 bridgehead atoms. The number of ether oxygens (including phenoxy) is 2. The van der Waals surface area contributed by atoms with Gasteiger partial charge in [0, 0.05) is 23.9 Å². The summed E-state index contributed by atoms with van der Waals surface area (Å²) in [4.78, 5) is 33.0. The smallest absolute Gasteiger partial charge is 0.246 e. The Hall–Kier alpha value is -4.59. The summed E-state index contributed by atoms with van der Waals surface area (Å²) < 4.78 is 12.7. The zero-order valence-corrected chi connectivity index (χ0v) is 22.9. The number of benzene rings is 3. The normalized spacial score (nSPS) is 11.6. The third-order valence-corrected chi connectivity index (χ3v) is 6.56. The maximum Gasteiger partial charge on any atom is 0.246 e. The van der Waals surface area contributed by atoms with Crippen molar-refractivity contribution in [3.8, 4) is 28.4 Å². The second-order valence-electron chi connectivity index (χ2n) is 9.47. The van der Waals surface area contributed by atoms with Crippen LogP contribution in [0, 0.1) is 0 Å². The van der Waals surface area contributed by atoms with E-state index in [9.17, 15) is 9.59 Å². The van der Waals surface area contributed by atoms with Gasteiger partial charge in [0.1, 0.15) is 6.54 Å². The molecule has 1 atom stereocenters. The van der Waals surface area contributed by atoms with Gasteiger partial charge < -0.3 is 14.4 Å². The molecule has 1 aromatic heterocycles. The molecule has 1 unspecified atom stereocenters. The fourth-order valence-electron chi connectivity index (χ4n) is 4.35. The molecule has 8 nitrogen and oxygen atoms in total. The van der Waals surface area contributed by atoms with Crippen molar-refractivity contribution in [1.82, 2.24) is 14.5 Å². The molecule has 0 saturated heterocycles. The van der Waals surface area contributed by atoms with E-state index in [1.54, 1.807) is 29.8 Å². The number of carbonyl (C=O) groups is 2. The minimum Gasteiger partial charge on any atom is -0.493 e. The summed E-state index contributed by atoms with van der Waals surface area (Å²) in [5.41, 5.74) is 3.23. The molecule has 0 aliphatic carbocycles. The minimum atomic E-state index is -0.375. The van der Waals surface area contributed by atoms with Crippen molar-refractivity contribution in [2.24, 2.45) is 0 Å². The van der Waals surface area contributed by atoms with Crippen LogP contribution in [0.15, 0.2) is 85.1 Å². The monoisotopic (exact) mass is 526 g/mol. The van der Waals surface area contributed by atoms with Gasteiger partial charge in [0.2, 0.25) is 17.8 Å². The molecule has 0 radical (unpaired) electrons. The predicted octanol–water partition coefficient (Wildman–Crippen LogP) is 5.54. The highest BCUT2D eigenvalue weighted by atomic mass is 16.5. The lowest BCUT2D eigenvalue weighted by atomic mass is 9.99. The average molecular weight is 527 g/mol. The third-order valence-electron chi connectivity index (χ3n) is 6.56. The molecular formula is C31H34N4O4. The van der Waals surface area contributed by atoms with E-state index >= 15 is 0 Å².